The average molecular weight is 995 g/mol. The molecular weight excluding hydrogens is 887 g/mol. The molecule has 0 aliphatic carbocycles. The smallest absolute Gasteiger partial charge is 0.220 e. The van der Waals surface area contributed by atoms with Gasteiger partial charge in [0.1, 0.15) is 24.4 Å². The summed E-state index contributed by atoms with van der Waals surface area (Å²) in [5, 5.41) is 54.3. The fourth-order valence-electron chi connectivity index (χ4n) is 8.59. The zero-order valence-corrected chi connectivity index (χ0v) is 45.2. The topological polar surface area (TPSA) is 149 Å². The average Bonchev–Trinajstić information content (AvgIpc) is 3.37. The second-order valence-corrected chi connectivity index (χ2v) is 19.7. The molecule has 1 rings (SSSR count). The molecular formula is C62H107NO8. The third-order valence-electron chi connectivity index (χ3n) is 13.1. The van der Waals surface area contributed by atoms with E-state index >= 15 is 0 Å². The molecule has 0 spiro atoms. The van der Waals surface area contributed by atoms with E-state index in [4.69, 9.17) is 9.47 Å². The Morgan fingerprint density at radius 2 is 0.887 bits per heavy atom. The van der Waals surface area contributed by atoms with Gasteiger partial charge in [0.2, 0.25) is 5.91 Å². The van der Waals surface area contributed by atoms with Gasteiger partial charge in [0.15, 0.2) is 6.29 Å². The van der Waals surface area contributed by atoms with Crippen LogP contribution in [-0.2, 0) is 14.3 Å². The fraction of sp³-hybridized carbons (Fsp3) is 0.726. The van der Waals surface area contributed by atoms with E-state index in [9.17, 15) is 30.3 Å². The summed E-state index contributed by atoms with van der Waals surface area (Å²) >= 11 is 0. The van der Waals surface area contributed by atoms with Gasteiger partial charge in [0, 0.05) is 6.42 Å². The molecule has 0 aromatic rings. The van der Waals surface area contributed by atoms with Crippen molar-refractivity contribution in [2.24, 2.45) is 0 Å². The molecule has 1 aliphatic heterocycles. The SMILES string of the molecule is CC/C=C\C/C=C\C/C=C\C/C=C\C/C=C\C/C=C\CCCCCCCCCCCCCCCCCCCCC(=O)NC(COC1OC(CO)C(O)C(O)C1O)C(O)/C=C/CC/C=C/CCCCCCC. The molecule has 0 saturated carbocycles. The van der Waals surface area contributed by atoms with Crippen molar-refractivity contribution in [3.63, 3.8) is 0 Å². The number of carbonyl (C=O) groups excluding carboxylic acids is 1. The summed E-state index contributed by atoms with van der Waals surface area (Å²) in [6.07, 6.45) is 66.4. The summed E-state index contributed by atoms with van der Waals surface area (Å²) in [6.45, 7) is 3.61. The van der Waals surface area contributed by atoms with Gasteiger partial charge in [-0.25, -0.2) is 0 Å². The van der Waals surface area contributed by atoms with E-state index in [1.165, 1.54) is 135 Å². The number of aliphatic hydroxyl groups is 5. The predicted octanol–water partition coefficient (Wildman–Crippen LogP) is 14.4. The van der Waals surface area contributed by atoms with Gasteiger partial charge in [-0.05, 0) is 83.5 Å². The third-order valence-corrected chi connectivity index (χ3v) is 13.1. The zero-order chi connectivity index (χ0) is 51.5. The molecule has 9 heteroatoms. The van der Waals surface area contributed by atoms with Gasteiger partial charge < -0.3 is 40.3 Å². The number of carbonyl (C=O) groups is 1. The van der Waals surface area contributed by atoms with E-state index < -0.39 is 49.5 Å². The molecule has 71 heavy (non-hydrogen) atoms. The molecule has 0 aromatic heterocycles. The molecule has 408 valence electrons. The van der Waals surface area contributed by atoms with Crippen LogP contribution in [0, 0.1) is 0 Å². The number of hydrogen-bond donors (Lipinski definition) is 6. The number of rotatable bonds is 48. The van der Waals surface area contributed by atoms with Crippen LogP contribution in [0.1, 0.15) is 232 Å². The summed E-state index contributed by atoms with van der Waals surface area (Å²) in [4.78, 5) is 13.0. The molecule has 1 heterocycles. The maximum Gasteiger partial charge on any atom is 0.220 e. The molecule has 1 saturated heterocycles. The fourth-order valence-corrected chi connectivity index (χ4v) is 8.59. The monoisotopic (exact) mass is 994 g/mol. The lowest BCUT2D eigenvalue weighted by molar-refractivity contribution is -0.302. The predicted molar refractivity (Wildman–Crippen MR) is 299 cm³/mol. The van der Waals surface area contributed by atoms with Crippen LogP contribution >= 0.6 is 0 Å². The van der Waals surface area contributed by atoms with Crippen LogP contribution in [0.25, 0.3) is 0 Å². The van der Waals surface area contributed by atoms with Gasteiger partial charge in [-0.1, -0.05) is 239 Å². The molecule has 6 N–H and O–H groups in total. The Bertz CT molecular complexity index is 1430. The van der Waals surface area contributed by atoms with Crippen LogP contribution in [0.4, 0.5) is 0 Å². The van der Waals surface area contributed by atoms with E-state index in [1.807, 2.05) is 6.08 Å². The Morgan fingerprint density at radius 1 is 0.493 bits per heavy atom. The standard InChI is InChI=1S/C62H107NO8/c1-3-5-7-9-11-13-15-16-17-18-19-20-21-22-23-24-25-26-27-28-29-30-31-32-33-34-35-36-37-38-39-40-42-44-46-48-50-52-58(66)63-55(54-70-62-61(69)60(68)59(67)57(53-64)71-62)56(65)51-49-47-45-43-41-14-12-10-8-6-4-2/h5,7,11,13,16-17,19-20,22-23,25-26,41,43,49,51,55-57,59-62,64-65,67-69H,3-4,6,8-10,12,14-15,18,21,24,27-40,42,44-48,50,52-54H2,1-2H3,(H,63,66)/b7-5-,13-11-,17-16-,20-19-,23-22-,26-25-,43-41+,51-49+. The maximum absolute atomic E-state index is 13.0. The van der Waals surface area contributed by atoms with Gasteiger partial charge in [-0.2, -0.15) is 0 Å². The van der Waals surface area contributed by atoms with Crippen molar-refractivity contribution >= 4 is 5.91 Å². The van der Waals surface area contributed by atoms with Gasteiger partial charge >= 0.3 is 0 Å². The Hall–Kier alpha value is -2.89. The number of hydrogen-bond acceptors (Lipinski definition) is 8. The second kappa shape index (κ2) is 50.6. The van der Waals surface area contributed by atoms with Crippen molar-refractivity contribution < 1.29 is 39.8 Å². The van der Waals surface area contributed by atoms with Crippen LogP contribution in [0.2, 0.25) is 0 Å². The number of aliphatic hydroxyl groups excluding tert-OH is 5. The van der Waals surface area contributed by atoms with Gasteiger partial charge in [-0.3, -0.25) is 4.79 Å². The first-order valence-electron chi connectivity index (χ1n) is 29.0. The first-order chi connectivity index (χ1) is 34.8. The van der Waals surface area contributed by atoms with E-state index in [2.05, 4.69) is 104 Å². The molecule has 9 nitrogen and oxygen atoms in total. The Labute approximate surface area is 434 Å². The number of ether oxygens (including phenoxy) is 2. The molecule has 1 amide bonds. The van der Waals surface area contributed by atoms with Gasteiger partial charge in [0.25, 0.3) is 0 Å². The highest BCUT2D eigenvalue weighted by Crippen LogP contribution is 2.23. The first kappa shape index (κ1) is 66.1. The molecule has 0 bridgehead atoms. The Kier molecular flexibility index (Phi) is 47.2. The van der Waals surface area contributed by atoms with E-state index in [1.54, 1.807) is 6.08 Å². The van der Waals surface area contributed by atoms with Gasteiger partial charge in [0.05, 0.1) is 25.4 Å². The quantitative estimate of drug-likeness (QED) is 0.0261. The van der Waals surface area contributed by atoms with E-state index in [-0.39, 0.29) is 12.5 Å². The molecule has 7 atom stereocenters. The van der Waals surface area contributed by atoms with Crippen LogP contribution in [0.15, 0.2) is 97.2 Å². The summed E-state index contributed by atoms with van der Waals surface area (Å²) in [6, 6.07) is -0.823. The molecule has 0 aromatic carbocycles. The lowest BCUT2D eigenvalue weighted by atomic mass is 9.99. The minimum absolute atomic E-state index is 0.190. The van der Waals surface area contributed by atoms with Gasteiger partial charge in [-0.15, -0.1) is 0 Å². The summed E-state index contributed by atoms with van der Waals surface area (Å²) in [5.74, 6) is -0.190. The van der Waals surface area contributed by atoms with Crippen molar-refractivity contribution in [2.75, 3.05) is 13.2 Å². The normalized spacial score (nSPS) is 20.0. The molecule has 1 aliphatic rings. The van der Waals surface area contributed by atoms with Crippen molar-refractivity contribution in [1.82, 2.24) is 5.32 Å². The maximum atomic E-state index is 13.0. The Balaban J connectivity index is 2.09. The third kappa shape index (κ3) is 40.2. The molecule has 1 fully saturated rings. The highest BCUT2D eigenvalue weighted by Gasteiger charge is 2.44. The highest BCUT2D eigenvalue weighted by molar-refractivity contribution is 5.76. The van der Waals surface area contributed by atoms with Crippen molar-refractivity contribution in [1.29, 1.82) is 0 Å². The summed E-state index contributed by atoms with van der Waals surface area (Å²) in [5.41, 5.74) is 0. The lowest BCUT2D eigenvalue weighted by Crippen LogP contribution is -2.60. The van der Waals surface area contributed by atoms with Crippen LogP contribution in [0.3, 0.4) is 0 Å². The number of amides is 1. The largest absolute Gasteiger partial charge is 0.394 e. The second-order valence-electron chi connectivity index (χ2n) is 19.7. The summed E-state index contributed by atoms with van der Waals surface area (Å²) < 4.78 is 11.2. The minimum Gasteiger partial charge on any atom is -0.394 e. The number of nitrogens with one attached hydrogen (secondary N) is 1. The summed E-state index contributed by atoms with van der Waals surface area (Å²) in [7, 11) is 0. The Morgan fingerprint density at radius 3 is 1.35 bits per heavy atom. The highest BCUT2D eigenvalue weighted by atomic mass is 16.7. The van der Waals surface area contributed by atoms with Crippen LogP contribution < -0.4 is 5.32 Å². The van der Waals surface area contributed by atoms with Crippen molar-refractivity contribution in [3.05, 3.63) is 97.2 Å². The van der Waals surface area contributed by atoms with E-state index in [0.29, 0.717) is 6.42 Å². The first-order valence-corrected chi connectivity index (χ1v) is 29.0. The lowest BCUT2D eigenvalue weighted by Gasteiger charge is -2.40. The molecule has 0 radical (unpaired) electrons. The van der Waals surface area contributed by atoms with Crippen molar-refractivity contribution in [3.8, 4) is 0 Å². The zero-order valence-electron chi connectivity index (χ0n) is 45.2. The molecule has 7 unspecified atom stereocenters. The minimum atomic E-state index is -1.57. The van der Waals surface area contributed by atoms with Crippen molar-refractivity contribution in [2.45, 2.75) is 275 Å². The number of allylic oxidation sites excluding steroid dienone is 15. The van der Waals surface area contributed by atoms with Crippen LogP contribution in [0.5, 0.6) is 0 Å². The van der Waals surface area contributed by atoms with Crippen LogP contribution in [-0.4, -0.2) is 87.5 Å². The number of unbranched alkanes of at least 4 members (excludes halogenated alkanes) is 24. The van der Waals surface area contributed by atoms with E-state index in [0.717, 1.165) is 77.0 Å².